The Balaban J connectivity index is 1.71. The average Bonchev–Trinajstić information content (AvgIpc) is 2.68. The van der Waals surface area contributed by atoms with E-state index in [0.29, 0.717) is 24.5 Å². The molecule has 0 spiro atoms. The summed E-state index contributed by atoms with van der Waals surface area (Å²) < 4.78 is 10.7. The normalized spacial score (nSPS) is 14.2. The minimum atomic E-state index is -0.595. The van der Waals surface area contributed by atoms with Gasteiger partial charge in [-0.2, -0.15) is 0 Å². The second-order valence-electron chi connectivity index (χ2n) is 7.78. The fourth-order valence-electron chi connectivity index (χ4n) is 3.01. The molecule has 0 atom stereocenters. The van der Waals surface area contributed by atoms with Gasteiger partial charge in [0.25, 0.3) is 5.91 Å². The average molecular weight is 397 g/mol. The first-order valence-electron chi connectivity index (χ1n) is 9.65. The van der Waals surface area contributed by atoms with Gasteiger partial charge in [0, 0.05) is 24.3 Å². The van der Waals surface area contributed by atoms with Crippen LogP contribution in [0.25, 0.3) is 0 Å². The van der Waals surface area contributed by atoms with E-state index in [1.54, 1.807) is 45.0 Å². The van der Waals surface area contributed by atoms with Gasteiger partial charge in [0.1, 0.15) is 5.60 Å². The number of carbonyl (C=O) groups excluding carboxylic acids is 2. The van der Waals surface area contributed by atoms with Crippen molar-refractivity contribution in [1.82, 2.24) is 0 Å². The summed E-state index contributed by atoms with van der Waals surface area (Å²) in [5.74, 6) is -0.251. The lowest BCUT2D eigenvalue weighted by atomic mass is 10.1. The van der Waals surface area contributed by atoms with Crippen molar-refractivity contribution in [1.29, 1.82) is 0 Å². The maximum atomic E-state index is 12.8. The lowest BCUT2D eigenvalue weighted by molar-refractivity contribution is 0.0635. The number of ether oxygens (including phenoxy) is 2. The van der Waals surface area contributed by atoms with Gasteiger partial charge >= 0.3 is 6.09 Å². The Morgan fingerprint density at radius 2 is 1.72 bits per heavy atom. The summed E-state index contributed by atoms with van der Waals surface area (Å²) in [4.78, 5) is 27.0. The molecule has 2 N–H and O–H groups in total. The Morgan fingerprint density at radius 1 is 1.00 bits per heavy atom. The van der Waals surface area contributed by atoms with E-state index < -0.39 is 11.7 Å². The number of hydrogen-bond donors (Lipinski definition) is 2. The maximum absolute atomic E-state index is 12.8. The molecule has 154 valence electrons. The first-order valence-corrected chi connectivity index (χ1v) is 9.65. The van der Waals surface area contributed by atoms with Gasteiger partial charge in [-0.15, -0.1) is 0 Å². The molecule has 1 fully saturated rings. The molecule has 1 saturated heterocycles. The van der Waals surface area contributed by atoms with Crippen LogP contribution in [0, 0.1) is 0 Å². The Labute approximate surface area is 171 Å². The van der Waals surface area contributed by atoms with Gasteiger partial charge < -0.3 is 19.7 Å². The number of hydrogen-bond acceptors (Lipinski definition) is 5. The molecular weight excluding hydrogens is 370 g/mol. The van der Waals surface area contributed by atoms with Crippen LogP contribution in [0.4, 0.5) is 21.9 Å². The molecule has 0 saturated carbocycles. The summed E-state index contributed by atoms with van der Waals surface area (Å²) in [5.41, 5.74) is 2.04. The minimum absolute atomic E-state index is 0.251. The zero-order valence-electron chi connectivity index (χ0n) is 17.0. The molecule has 1 heterocycles. The predicted octanol–water partition coefficient (Wildman–Crippen LogP) is 4.12. The summed E-state index contributed by atoms with van der Waals surface area (Å²) >= 11 is 0. The first-order chi connectivity index (χ1) is 13.8. The second-order valence-corrected chi connectivity index (χ2v) is 7.78. The van der Waals surface area contributed by atoms with Crippen LogP contribution in [-0.4, -0.2) is 43.9 Å². The monoisotopic (exact) mass is 397 g/mol. The number of anilines is 3. The number of amides is 2. The highest BCUT2D eigenvalue weighted by Crippen LogP contribution is 2.27. The zero-order valence-corrected chi connectivity index (χ0v) is 17.0. The van der Waals surface area contributed by atoms with Crippen LogP contribution in [0.15, 0.2) is 48.5 Å². The van der Waals surface area contributed by atoms with Crippen molar-refractivity contribution in [3.63, 3.8) is 0 Å². The van der Waals surface area contributed by atoms with Gasteiger partial charge in [0.05, 0.1) is 24.6 Å². The quantitative estimate of drug-likeness (QED) is 0.811. The predicted molar refractivity (Wildman–Crippen MR) is 114 cm³/mol. The molecule has 2 aromatic rings. The fraction of sp³-hybridized carbons (Fsp3) is 0.364. The van der Waals surface area contributed by atoms with Crippen LogP contribution in [-0.2, 0) is 9.47 Å². The number of carbonyl (C=O) groups is 2. The number of nitrogens with zero attached hydrogens (tertiary/aromatic N) is 1. The number of nitrogens with one attached hydrogen (secondary N) is 2. The number of benzene rings is 2. The molecular formula is C22H27N3O4. The van der Waals surface area contributed by atoms with Crippen LogP contribution in [0.5, 0.6) is 0 Å². The van der Waals surface area contributed by atoms with Gasteiger partial charge in [-0.05, 0) is 51.1 Å². The number of para-hydroxylation sites is 2. The van der Waals surface area contributed by atoms with Gasteiger partial charge in [-0.3, -0.25) is 10.1 Å². The molecule has 0 bridgehead atoms. The third-order valence-corrected chi connectivity index (χ3v) is 4.27. The van der Waals surface area contributed by atoms with Crippen LogP contribution in [0.2, 0.25) is 0 Å². The Bertz CT molecular complexity index is 870. The van der Waals surface area contributed by atoms with Crippen molar-refractivity contribution in [2.24, 2.45) is 0 Å². The first kappa shape index (κ1) is 20.7. The van der Waals surface area contributed by atoms with E-state index in [0.717, 1.165) is 24.5 Å². The minimum Gasteiger partial charge on any atom is -0.444 e. The van der Waals surface area contributed by atoms with E-state index in [4.69, 9.17) is 9.47 Å². The Morgan fingerprint density at radius 3 is 2.45 bits per heavy atom. The van der Waals surface area contributed by atoms with Crippen molar-refractivity contribution < 1.29 is 19.1 Å². The molecule has 1 aliphatic heterocycles. The Kier molecular flexibility index (Phi) is 6.39. The number of morpholine rings is 1. The SMILES string of the molecule is CC(C)(C)OC(=O)Nc1cccc(C(=O)Nc2ccccc2N2CCOCC2)c1. The fourth-order valence-corrected chi connectivity index (χ4v) is 3.01. The number of rotatable bonds is 4. The summed E-state index contributed by atoms with van der Waals surface area (Å²) in [6.07, 6.45) is -0.562. The standard InChI is InChI=1S/C22H27N3O4/c1-22(2,3)29-21(27)23-17-8-6-7-16(15-17)20(26)24-18-9-4-5-10-19(18)25-11-13-28-14-12-25/h4-10,15H,11-14H2,1-3H3,(H,23,27)(H,24,26). The smallest absolute Gasteiger partial charge is 0.412 e. The van der Waals surface area contributed by atoms with E-state index in [1.165, 1.54) is 0 Å². The lowest BCUT2D eigenvalue weighted by Gasteiger charge is -2.30. The Hall–Kier alpha value is -3.06. The van der Waals surface area contributed by atoms with Crippen molar-refractivity contribution in [2.45, 2.75) is 26.4 Å². The van der Waals surface area contributed by atoms with E-state index in [1.807, 2.05) is 24.3 Å². The molecule has 7 nitrogen and oxygen atoms in total. The summed E-state index contributed by atoms with van der Waals surface area (Å²) in [6, 6.07) is 14.5. The topological polar surface area (TPSA) is 79.9 Å². The van der Waals surface area contributed by atoms with Gasteiger partial charge in [0.15, 0.2) is 0 Å². The molecule has 0 unspecified atom stereocenters. The third-order valence-electron chi connectivity index (χ3n) is 4.27. The molecule has 7 heteroatoms. The third kappa shape index (κ3) is 5.96. The van der Waals surface area contributed by atoms with Gasteiger partial charge in [-0.25, -0.2) is 4.79 Å². The van der Waals surface area contributed by atoms with Gasteiger partial charge in [0.2, 0.25) is 0 Å². The molecule has 1 aliphatic rings. The van der Waals surface area contributed by atoms with Crippen LogP contribution in [0.3, 0.4) is 0 Å². The molecule has 0 radical (unpaired) electrons. The molecule has 2 amide bonds. The summed E-state index contributed by atoms with van der Waals surface area (Å²) in [7, 11) is 0. The summed E-state index contributed by atoms with van der Waals surface area (Å²) in [5, 5.41) is 5.63. The molecule has 29 heavy (non-hydrogen) atoms. The highest BCUT2D eigenvalue weighted by molar-refractivity contribution is 6.06. The van der Waals surface area contributed by atoms with E-state index in [9.17, 15) is 9.59 Å². The highest BCUT2D eigenvalue weighted by atomic mass is 16.6. The summed E-state index contributed by atoms with van der Waals surface area (Å²) in [6.45, 7) is 8.28. The maximum Gasteiger partial charge on any atom is 0.412 e. The largest absolute Gasteiger partial charge is 0.444 e. The second kappa shape index (κ2) is 8.96. The van der Waals surface area contributed by atoms with Gasteiger partial charge in [-0.1, -0.05) is 18.2 Å². The molecule has 3 rings (SSSR count). The molecule has 0 aromatic heterocycles. The van der Waals surface area contributed by atoms with Crippen molar-refractivity contribution in [3.8, 4) is 0 Å². The van der Waals surface area contributed by atoms with Crippen molar-refractivity contribution in [2.75, 3.05) is 41.8 Å². The molecule has 2 aromatic carbocycles. The van der Waals surface area contributed by atoms with Crippen LogP contribution in [0.1, 0.15) is 31.1 Å². The van der Waals surface area contributed by atoms with Crippen molar-refractivity contribution in [3.05, 3.63) is 54.1 Å². The van der Waals surface area contributed by atoms with Crippen LogP contribution >= 0.6 is 0 Å². The highest BCUT2D eigenvalue weighted by Gasteiger charge is 2.18. The van der Waals surface area contributed by atoms with E-state index in [-0.39, 0.29) is 5.91 Å². The van der Waals surface area contributed by atoms with Crippen molar-refractivity contribution >= 4 is 29.1 Å². The van der Waals surface area contributed by atoms with E-state index in [2.05, 4.69) is 15.5 Å². The van der Waals surface area contributed by atoms with Crippen LogP contribution < -0.4 is 15.5 Å². The lowest BCUT2D eigenvalue weighted by Crippen LogP contribution is -2.36. The molecule has 0 aliphatic carbocycles. The zero-order chi connectivity index (χ0) is 20.9. The van der Waals surface area contributed by atoms with E-state index >= 15 is 0 Å².